The Hall–Kier alpha value is -1.25. The van der Waals surface area contributed by atoms with Crippen LogP contribution < -0.4 is 0 Å². The molecule has 1 aliphatic carbocycles. The number of hydrogen-bond donors (Lipinski definition) is 2. The molecule has 0 radical (unpaired) electrons. The molecule has 2 N–H and O–H groups in total. The van der Waals surface area contributed by atoms with E-state index in [-0.39, 0.29) is 6.61 Å². The average molecular weight is 320 g/mol. The minimum atomic E-state index is -2.67. The Morgan fingerprint density at radius 1 is 1.27 bits per heavy atom. The molecule has 0 spiro atoms. The van der Waals surface area contributed by atoms with Gasteiger partial charge in [-0.05, 0) is 6.42 Å². The molecule has 1 saturated heterocycles. The molecule has 7 nitrogen and oxygen atoms in total. The van der Waals surface area contributed by atoms with Crippen LogP contribution in [0.3, 0.4) is 0 Å². The highest BCUT2D eigenvalue weighted by Crippen LogP contribution is 2.59. The molecular weight excluding hydrogens is 299 g/mol. The van der Waals surface area contributed by atoms with E-state index >= 15 is 0 Å². The van der Waals surface area contributed by atoms with Crippen LogP contribution in [0, 0.1) is 0 Å². The standard InChI is InChI=1S/C14H21FO7/c1-2-3-4-5-6-7-20-11(17)21-9-13(18)14(19)10(16)12(14,15)8-22-13/h18-19H,2-9H2,1H3. The number of fused-ring (bicyclic) bond motifs is 1. The summed E-state index contributed by atoms with van der Waals surface area (Å²) in [5.41, 5.74) is -5.28. The van der Waals surface area contributed by atoms with Gasteiger partial charge in [-0.3, -0.25) is 4.79 Å². The fourth-order valence-electron chi connectivity index (χ4n) is 2.57. The van der Waals surface area contributed by atoms with E-state index in [1.54, 1.807) is 0 Å². The van der Waals surface area contributed by atoms with E-state index in [1.165, 1.54) is 0 Å². The van der Waals surface area contributed by atoms with Crippen LogP contribution in [0.1, 0.15) is 39.0 Å². The van der Waals surface area contributed by atoms with E-state index < -0.39 is 42.2 Å². The third kappa shape index (κ3) is 2.59. The predicted molar refractivity (Wildman–Crippen MR) is 70.8 cm³/mol. The minimum Gasteiger partial charge on any atom is -0.434 e. The van der Waals surface area contributed by atoms with Crippen molar-refractivity contribution < 1.29 is 38.4 Å². The summed E-state index contributed by atoms with van der Waals surface area (Å²) in [5.74, 6) is -3.74. The molecule has 22 heavy (non-hydrogen) atoms. The van der Waals surface area contributed by atoms with Crippen molar-refractivity contribution in [3.63, 3.8) is 0 Å². The van der Waals surface area contributed by atoms with Crippen LogP contribution >= 0.6 is 0 Å². The average Bonchev–Trinajstić information content (AvgIpc) is 2.83. The quantitative estimate of drug-likeness (QED) is 0.505. The summed E-state index contributed by atoms with van der Waals surface area (Å²) in [6, 6.07) is 0. The lowest BCUT2D eigenvalue weighted by Crippen LogP contribution is -2.50. The van der Waals surface area contributed by atoms with Gasteiger partial charge in [0.1, 0.15) is 0 Å². The fraction of sp³-hybridized carbons (Fsp3) is 0.857. The summed E-state index contributed by atoms with van der Waals surface area (Å²) < 4.78 is 27.8. The molecule has 0 aromatic heterocycles. The van der Waals surface area contributed by atoms with Crippen LogP contribution in [0.15, 0.2) is 0 Å². The molecule has 1 heterocycles. The number of hydrogen-bond acceptors (Lipinski definition) is 7. The summed E-state index contributed by atoms with van der Waals surface area (Å²) in [7, 11) is 0. The Morgan fingerprint density at radius 3 is 2.55 bits per heavy atom. The molecule has 3 unspecified atom stereocenters. The number of halogens is 1. The van der Waals surface area contributed by atoms with Gasteiger partial charge in [-0.2, -0.15) is 0 Å². The normalized spacial score (nSPS) is 36.1. The molecule has 0 bridgehead atoms. The predicted octanol–water partition coefficient (Wildman–Crippen LogP) is 0.851. The lowest BCUT2D eigenvalue weighted by molar-refractivity contribution is -0.252. The van der Waals surface area contributed by atoms with Crippen molar-refractivity contribution in [2.45, 2.75) is 56.1 Å². The number of aliphatic hydroxyl groups is 2. The smallest absolute Gasteiger partial charge is 0.434 e. The number of unbranched alkanes of at least 4 members (excludes halogenated alkanes) is 4. The lowest BCUT2D eigenvalue weighted by Gasteiger charge is -2.25. The van der Waals surface area contributed by atoms with Crippen LogP contribution in [-0.2, 0) is 19.0 Å². The van der Waals surface area contributed by atoms with E-state index in [4.69, 9.17) is 4.74 Å². The van der Waals surface area contributed by atoms with Gasteiger partial charge in [0.15, 0.2) is 6.61 Å². The zero-order valence-corrected chi connectivity index (χ0v) is 12.5. The summed E-state index contributed by atoms with van der Waals surface area (Å²) in [5, 5.41) is 19.7. The monoisotopic (exact) mass is 320 g/mol. The van der Waals surface area contributed by atoms with Crippen molar-refractivity contribution in [3.8, 4) is 0 Å². The number of carbonyl (C=O) groups excluding carboxylic acids is 2. The second-order valence-electron chi connectivity index (χ2n) is 5.72. The number of ketones is 1. The zero-order valence-electron chi connectivity index (χ0n) is 12.5. The van der Waals surface area contributed by atoms with Crippen molar-refractivity contribution in [2.24, 2.45) is 0 Å². The van der Waals surface area contributed by atoms with Crippen LogP contribution in [0.2, 0.25) is 0 Å². The summed E-state index contributed by atoms with van der Waals surface area (Å²) in [6.45, 7) is 0.608. The maximum Gasteiger partial charge on any atom is 0.508 e. The molecule has 1 aliphatic heterocycles. The molecule has 0 aromatic rings. The first-order chi connectivity index (χ1) is 10.3. The Morgan fingerprint density at radius 2 is 1.95 bits per heavy atom. The van der Waals surface area contributed by atoms with Crippen molar-refractivity contribution in [1.82, 2.24) is 0 Å². The second kappa shape index (κ2) is 6.10. The number of carbonyl (C=O) groups is 2. The molecule has 2 fully saturated rings. The van der Waals surface area contributed by atoms with Crippen molar-refractivity contribution in [2.75, 3.05) is 19.8 Å². The van der Waals surface area contributed by atoms with Gasteiger partial charge in [-0.25, -0.2) is 9.18 Å². The van der Waals surface area contributed by atoms with Gasteiger partial charge < -0.3 is 24.4 Å². The number of Topliss-reactive ketones (excluding diaryl/α,β-unsaturated/α-hetero) is 1. The molecule has 0 aromatic carbocycles. The highest BCUT2D eigenvalue weighted by molar-refractivity contribution is 6.16. The third-order valence-electron chi connectivity index (χ3n) is 4.13. The molecule has 126 valence electrons. The van der Waals surface area contributed by atoms with Gasteiger partial charge in [-0.15, -0.1) is 0 Å². The van der Waals surface area contributed by atoms with Gasteiger partial charge >= 0.3 is 6.16 Å². The van der Waals surface area contributed by atoms with Gasteiger partial charge in [0.2, 0.25) is 22.8 Å². The van der Waals surface area contributed by atoms with E-state index in [2.05, 4.69) is 16.4 Å². The Balaban J connectivity index is 1.68. The topological polar surface area (TPSA) is 102 Å². The van der Waals surface area contributed by atoms with Crippen LogP contribution in [0.25, 0.3) is 0 Å². The molecular formula is C14H21FO7. The SMILES string of the molecule is CCCCCCCOC(=O)OCC1(O)OCC2(F)C(=O)C12O. The van der Waals surface area contributed by atoms with Crippen LogP contribution in [-0.4, -0.2) is 59.0 Å². The minimum absolute atomic E-state index is 0.165. The Labute approximate surface area is 127 Å². The van der Waals surface area contributed by atoms with Gasteiger partial charge in [0.05, 0.1) is 13.2 Å². The van der Waals surface area contributed by atoms with Gasteiger partial charge in [-0.1, -0.05) is 32.6 Å². The Bertz CT molecular complexity index is 456. The molecule has 1 saturated carbocycles. The summed E-state index contributed by atoms with van der Waals surface area (Å²) in [4.78, 5) is 22.6. The Kier molecular flexibility index (Phi) is 4.74. The van der Waals surface area contributed by atoms with Crippen molar-refractivity contribution in [3.05, 3.63) is 0 Å². The maximum absolute atomic E-state index is 13.8. The first kappa shape index (κ1) is 17.1. The maximum atomic E-state index is 13.8. The van der Waals surface area contributed by atoms with Crippen LogP contribution in [0.5, 0.6) is 0 Å². The molecule has 2 rings (SSSR count). The third-order valence-corrected chi connectivity index (χ3v) is 4.13. The highest BCUT2D eigenvalue weighted by atomic mass is 19.1. The fourth-order valence-corrected chi connectivity index (χ4v) is 2.57. The second-order valence-corrected chi connectivity index (χ2v) is 5.72. The first-order valence-corrected chi connectivity index (χ1v) is 7.44. The van der Waals surface area contributed by atoms with E-state index in [0.717, 1.165) is 25.7 Å². The van der Waals surface area contributed by atoms with Crippen molar-refractivity contribution in [1.29, 1.82) is 0 Å². The first-order valence-electron chi connectivity index (χ1n) is 7.44. The summed E-state index contributed by atoms with van der Waals surface area (Å²) in [6.07, 6.45) is 3.82. The molecule has 0 amide bonds. The molecule has 8 heteroatoms. The lowest BCUT2D eigenvalue weighted by atomic mass is 10.1. The number of ether oxygens (including phenoxy) is 3. The molecule has 3 atom stereocenters. The van der Waals surface area contributed by atoms with E-state index in [1.807, 2.05) is 0 Å². The number of alkyl halides is 1. The largest absolute Gasteiger partial charge is 0.508 e. The van der Waals surface area contributed by atoms with Gasteiger partial charge in [0.25, 0.3) is 0 Å². The number of rotatable bonds is 8. The van der Waals surface area contributed by atoms with Crippen molar-refractivity contribution >= 4 is 11.9 Å². The highest BCUT2D eigenvalue weighted by Gasteiger charge is 2.92. The van der Waals surface area contributed by atoms with E-state index in [9.17, 15) is 24.2 Å². The zero-order chi connectivity index (χ0) is 16.4. The van der Waals surface area contributed by atoms with Crippen LogP contribution in [0.4, 0.5) is 9.18 Å². The van der Waals surface area contributed by atoms with E-state index in [0.29, 0.717) is 6.42 Å². The summed E-state index contributed by atoms with van der Waals surface area (Å²) >= 11 is 0. The molecule has 2 aliphatic rings. The van der Waals surface area contributed by atoms with Gasteiger partial charge in [0, 0.05) is 0 Å².